The van der Waals surface area contributed by atoms with Gasteiger partial charge in [0, 0.05) is 16.6 Å². The van der Waals surface area contributed by atoms with E-state index in [1.807, 2.05) is 6.20 Å². The van der Waals surface area contributed by atoms with Crippen LogP contribution in [0.5, 0.6) is 0 Å². The average Bonchev–Trinajstić information content (AvgIpc) is 2.85. The number of aryl methyl sites for hydroxylation is 3. The number of hydrogen-bond acceptors (Lipinski definition) is 4. The Balaban J connectivity index is 2.33. The normalized spacial score (nSPS) is 11.2. The van der Waals surface area contributed by atoms with Gasteiger partial charge in [0.25, 0.3) is 0 Å². The highest BCUT2D eigenvalue weighted by Gasteiger charge is 2.12. The van der Waals surface area contributed by atoms with E-state index in [0.29, 0.717) is 0 Å². The standard InChI is InChI=1S/C13H12N2S2/c1-7-4-5-10(13-14-6-8(2)16-13)11-12(7)17-9(3)15-11/h4-6H,1-3H3. The lowest BCUT2D eigenvalue weighted by Crippen LogP contribution is -1.81. The van der Waals surface area contributed by atoms with Gasteiger partial charge in [-0.2, -0.15) is 0 Å². The summed E-state index contributed by atoms with van der Waals surface area (Å²) >= 11 is 3.48. The second-order valence-electron chi connectivity index (χ2n) is 4.12. The number of hydrogen-bond donors (Lipinski definition) is 0. The maximum Gasteiger partial charge on any atom is 0.125 e. The quantitative estimate of drug-likeness (QED) is 0.650. The molecule has 0 bridgehead atoms. The van der Waals surface area contributed by atoms with Gasteiger partial charge in [-0.15, -0.1) is 22.7 Å². The summed E-state index contributed by atoms with van der Waals surface area (Å²) in [4.78, 5) is 10.3. The van der Waals surface area contributed by atoms with Crippen LogP contribution in [0.25, 0.3) is 20.8 Å². The molecule has 1 aromatic carbocycles. The summed E-state index contributed by atoms with van der Waals surface area (Å²) in [6, 6.07) is 4.29. The lowest BCUT2D eigenvalue weighted by Gasteiger charge is -2.00. The number of nitrogens with zero attached hydrogens (tertiary/aromatic N) is 2. The first-order valence-corrected chi connectivity index (χ1v) is 7.08. The van der Waals surface area contributed by atoms with E-state index in [-0.39, 0.29) is 0 Å². The van der Waals surface area contributed by atoms with Crippen molar-refractivity contribution in [1.29, 1.82) is 0 Å². The first-order chi connectivity index (χ1) is 8.15. The Kier molecular flexibility index (Phi) is 2.49. The van der Waals surface area contributed by atoms with Crippen molar-refractivity contribution in [3.8, 4) is 10.6 Å². The van der Waals surface area contributed by atoms with Crippen molar-refractivity contribution in [2.24, 2.45) is 0 Å². The molecule has 0 aliphatic heterocycles. The summed E-state index contributed by atoms with van der Waals surface area (Å²) in [6.07, 6.45) is 1.92. The van der Waals surface area contributed by atoms with Crippen LogP contribution in [0.4, 0.5) is 0 Å². The van der Waals surface area contributed by atoms with E-state index in [1.165, 1.54) is 15.1 Å². The zero-order valence-electron chi connectivity index (χ0n) is 9.94. The molecular weight excluding hydrogens is 248 g/mol. The van der Waals surface area contributed by atoms with Gasteiger partial charge >= 0.3 is 0 Å². The number of benzene rings is 1. The number of fused-ring (bicyclic) bond motifs is 1. The van der Waals surface area contributed by atoms with Crippen molar-refractivity contribution in [3.63, 3.8) is 0 Å². The number of thiazole rings is 2. The van der Waals surface area contributed by atoms with Crippen LogP contribution in [0.2, 0.25) is 0 Å². The van der Waals surface area contributed by atoms with E-state index in [4.69, 9.17) is 0 Å². The summed E-state index contributed by atoms with van der Waals surface area (Å²) in [7, 11) is 0. The fourth-order valence-corrected chi connectivity index (χ4v) is 3.60. The molecule has 0 N–H and O–H groups in total. The van der Waals surface area contributed by atoms with Gasteiger partial charge in [0.05, 0.1) is 15.2 Å². The van der Waals surface area contributed by atoms with Gasteiger partial charge in [-0.25, -0.2) is 9.97 Å². The van der Waals surface area contributed by atoms with E-state index in [9.17, 15) is 0 Å². The second kappa shape index (κ2) is 3.89. The van der Waals surface area contributed by atoms with Gasteiger partial charge < -0.3 is 0 Å². The van der Waals surface area contributed by atoms with E-state index in [1.54, 1.807) is 22.7 Å². The van der Waals surface area contributed by atoms with Crippen LogP contribution in [0.15, 0.2) is 18.3 Å². The highest BCUT2D eigenvalue weighted by Crippen LogP contribution is 2.35. The van der Waals surface area contributed by atoms with Crippen LogP contribution < -0.4 is 0 Å². The maximum absolute atomic E-state index is 4.64. The van der Waals surface area contributed by atoms with Crippen LogP contribution in [0, 0.1) is 20.8 Å². The van der Waals surface area contributed by atoms with Crippen molar-refractivity contribution >= 4 is 32.9 Å². The molecule has 3 aromatic rings. The minimum atomic E-state index is 1.07. The molecule has 86 valence electrons. The molecule has 2 aromatic heterocycles. The molecule has 2 nitrogen and oxygen atoms in total. The van der Waals surface area contributed by atoms with E-state index >= 15 is 0 Å². The summed E-state index contributed by atoms with van der Waals surface area (Å²) in [5.74, 6) is 0. The Morgan fingerprint density at radius 1 is 1.06 bits per heavy atom. The molecule has 0 aliphatic carbocycles. The van der Waals surface area contributed by atoms with Gasteiger partial charge in [0.15, 0.2) is 0 Å². The van der Waals surface area contributed by atoms with E-state index in [0.717, 1.165) is 21.1 Å². The molecule has 0 saturated carbocycles. The molecule has 3 rings (SSSR count). The molecular formula is C13H12N2S2. The van der Waals surface area contributed by atoms with Crippen molar-refractivity contribution in [2.75, 3.05) is 0 Å². The van der Waals surface area contributed by atoms with Crippen LogP contribution in [0.3, 0.4) is 0 Å². The molecule has 2 heterocycles. The Bertz CT molecular complexity index is 695. The minimum Gasteiger partial charge on any atom is -0.244 e. The lowest BCUT2D eigenvalue weighted by atomic mass is 10.1. The summed E-state index contributed by atoms with van der Waals surface area (Å²) in [5, 5.41) is 2.18. The van der Waals surface area contributed by atoms with Crippen molar-refractivity contribution < 1.29 is 0 Å². The van der Waals surface area contributed by atoms with Crippen LogP contribution in [-0.4, -0.2) is 9.97 Å². The molecule has 0 spiro atoms. The largest absolute Gasteiger partial charge is 0.244 e. The molecule has 0 fully saturated rings. The average molecular weight is 260 g/mol. The van der Waals surface area contributed by atoms with E-state index in [2.05, 4.69) is 42.9 Å². The summed E-state index contributed by atoms with van der Waals surface area (Å²) in [5.41, 5.74) is 3.55. The number of aromatic nitrogens is 2. The topological polar surface area (TPSA) is 25.8 Å². The van der Waals surface area contributed by atoms with Gasteiger partial charge in [0.2, 0.25) is 0 Å². The molecule has 0 atom stereocenters. The zero-order chi connectivity index (χ0) is 12.0. The fraction of sp³-hybridized carbons (Fsp3) is 0.231. The van der Waals surface area contributed by atoms with Gasteiger partial charge in [0.1, 0.15) is 5.01 Å². The summed E-state index contributed by atoms with van der Waals surface area (Å²) in [6.45, 7) is 6.27. The number of rotatable bonds is 1. The van der Waals surface area contributed by atoms with E-state index < -0.39 is 0 Å². The van der Waals surface area contributed by atoms with Crippen LogP contribution >= 0.6 is 22.7 Å². The Labute approximate surface area is 108 Å². The van der Waals surface area contributed by atoms with Crippen molar-refractivity contribution in [2.45, 2.75) is 20.8 Å². The predicted molar refractivity (Wildman–Crippen MR) is 74.9 cm³/mol. The smallest absolute Gasteiger partial charge is 0.125 e. The molecule has 0 aliphatic rings. The maximum atomic E-state index is 4.64. The third-order valence-corrected chi connectivity index (χ3v) is 4.75. The zero-order valence-corrected chi connectivity index (χ0v) is 11.6. The Morgan fingerprint density at radius 2 is 1.88 bits per heavy atom. The Morgan fingerprint density at radius 3 is 2.59 bits per heavy atom. The third kappa shape index (κ3) is 1.77. The van der Waals surface area contributed by atoms with Crippen LogP contribution in [0.1, 0.15) is 15.4 Å². The Hall–Kier alpha value is -1.26. The highest BCUT2D eigenvalue weighted by molar-refractivity contribution is 7.19. The lowest BCUT2D eigenvalue weighted by molar-refractivity contribution is 1.33. The van der Waals surface area contributed by atoms with Crippen molar-refractivity contribution in [3.05, 3.63) is 33.8 Å². The minimum absolute atomic E-state index is 1.07. The fourth-order valence-electron chi connectivity index (χ4n) is 1.89. The predicted octanol–water partition coefficient (Wildman–Crippen LogP) is 4.35. The van der Waals surface area contributed by atoms with Gasteiger partial charge in [-0.1, -0.05) is 6.07 Å². The van der Waals surface area contributed by atoms with Gasteiger partial charge in [-0.3, -0.25) is 0 Å². The first kappa shape index (κ1) is 10.9. The summed E-state index contributed by atoms with van der Waals surface area (Å²) < 4.78 is 1.29. The highest BCUT2D eigenvalue weighted by atomic mass is 32.1. The second-order valence-corrected chi connectivity index (χ2v) is 6.55. The SMILES string of the molecule is Cc1cnc(-c2ccc(C)c3sc(C)nc23)s1. The molecule has 0 unspecified atom stereocenters. The molecule has 0 radical (unpaired) electrons. The monoisotopic (exact) mass is 260 g/mol. The molecule has 4 heteroatoms. The van der Waals surface area contributed by atoms with Crippen LogP contribution in [-0.2, 0) is 0 Å². The first-order valence-electron chi connectivity index (χ1n) is 5.44. The molecule has 0 saturated heterocycles. The molecule has 17 heavy (non-hydrogen) atoms. The van der Waals surface area contributed by atoms with Gasteiger partial charge in [-0.05, 0) is 32.4 Å². The molecule has 0 amide bonds. The van der Waals surface area contributed by atoms with Crippen molar-refractivity contribution in [1.82, 2.24) is 9.97 Å². The third-order valence-electron chi connectivity index (χ3n) is 2.70.